The van der Waals surface area contributed by atoms with E-state index in [1.807, 2.05) is 0 Å². The Kier molecular flexibility index (Phi) is 3.82. The second-order valence-electron chi connectivity index (χ2n) is 3.17. The lowest BCUT2D eigenvalue weighted by Gasteiger charge is -2.15. The quantitative estimate of drug-likeness (QED) is 0.631. The third-order valence-corrected chi connectivity index (χ3v) is 1.84. The van der Waals surface area contributed by atoms with E-state index in [4.69, 9.17) is 10.0 Å². The van der Waals surface area contributed by atoms with Gasteiger partial charge in [0.15, 0.2) is 0 Å². The predicted molar refractivity (Wildman–Crippen MR) is 48.0 cm³/mol. The van der Waals surface area contributed by atoms with E-state index in [0.29, 0.717) is 6.07 Å². The van der Waals surface area contributed by atoms with Crippen molar-refractivity contribution in [3.63, 3.8) is 0 Å². The number of rotatable bonds is 2. The van der Waals surface area contributed by atoms with Crippen molar-refractivity contribution in [1.29, 1.82) is 0 Å². The molecule has 0 amide bonds. The van der Waals surface area contributed by atoms with Gasteiger partial charge < -0.3 is 14.8 Å². The van der Waals surface area contributed by atoms with Crippen LogP contribution in [0.15, 0.2) is 18.2 Å². The topological polar surface area (TPSA) is 49.7 Å². The fourth-order valence-corrected chi connectivity index (χ4v) is 1.21. The number of hydrogen-bond acceptors (Lipinski definition) is 3. The van der Waals surface area contributed by atoms with Gasteiger partial charge in [0.1, 0.15) is 5.75 Å². The molecule has 0 heterocycles. The summed E-state index contributed by atoms with van der Waals surface area (Å²) in [5, 5.41) is 17.4. The number of ether oxygens (including phenoxy) is 1. The van der Waals surface area contributed by atoms with Gasteiger partial charge in [0.05, 0.1) is 5.56 Å². The first-order chi connectivity index (χ1) is 8.00. The van der Waals surface area contributed by atoms with Crippen molar-refractivity contribution >= 4 is 12.6 Å². The van der Waals surface area contributed by atoms with Crippen LogP contribution in [-0.4, -0.2) is 23.5 Å². The molecule has 0 aliphatic heterocycles. The molecule has 0 atom stereocenters. The van der Waals surface area contributed by atoms with E-state index < -0.39 is 36.4 Å². The molecule has 0 saturated heterocycles. The largest absolute Gasteiger partial charge is 0.573 e. The zero-order chi connectivity index (χ0) is 14.1. The van der Waals surface area contributed by atoms with Crippen LogP contribution >= 0.6 is 0 Å². The normalized spacial score (nSPS) is 12.4. The first-order valence-electron chi connectivity index (χ1n) is 4.34. The van der Waals surface area contributed by atoms with Crippen LogP contribution in [0, 0.1) is 0 Å². The van der Waals surface area contributed by atoms with Gasteiger partial charge in [-0.15, -0.1) is 13.2 Å². The van der Waals surface area contributed by atoms with Crippen LogP contribution in [0.4, 0.5) is 26.3 Å². The van der Waals surface area contributed by atoms with Crippen LogP contribution in [0.3, 0.4) is 0 Å². The Morgan fingerprint density at radius 1 is 1.00 bits per heavy atom. The molecule has 0 spiro atoms. The Morgan fingerprint density at radius 3 is 1.94 bits per heavy atom. The summed E-state index contributed by atoms with van der Waals surface area (Å²) < 4.78 is 76.1. The maximum atomic E-state index is 12.4. The van der Waals surface area contributed by atoms with Crippen LogP contribution in [0.25, 0.3) is 0 Å². The summed E-state index contributed by atoms with van der Waals surface area (Å²) in [6, 6.07) is 0.971. The van der Waals surface area contributed by atoms with Crippen molar-refractivity contribution < 1.29 is 41.1 Å². The number of hydrogen-bond donors (Lipinski definition) is 2. The minimum atomic E-state index is -5.09. The van der Waals surface area contributed by atoms with Crippen molar-refractivity contribution in [2.75, 3.05) is 0 Å². The first kappa shape index (κ1) is 14.6. The molecule has 0 saturated carbocycles. The lowest BCUT2D eigenvalue weighted by atomic mass is 9.76. The number of halogens is 6. The van der Waals surface area contributed by atoms with Gasteiger partial charge in [0, 0.05) is 0 Å². The van der Waals surface area contributed by atoms with Gasteiger partial charge in [0.25, 0.3) is 0 Å². The zero-order valence-corrected chi connectivity index (χ0v) is 8.38. The monoisotopic (exact) mass is 274 g/mol. The molecule has 18 heavy (non-hydrogen) atoms. The molecule has 0 aliphatic rings. The van der Waals surface area contributed by atoms with Crippen molar-refractivity contribution in [2.45, 2.75) is 12.5 Å². The average molecular weight is 274 g/mol. The molecule has 0 aliphatic carbocycles. The average Bonchev–Trinajstić information content (AvgIpc) is 2.12. The minimum Gasteiger partial charge on any atom is -0.423 e. The van der Waals surface area contributed by atoms with Gasteiger partial charge in [0.2, 0.25) is 0 Å². The fourth-order valence-electron chi connectivity index (χ4n) is 1.21. The molecular weight excluding hydrogens is 269 g/mol. The number of alkyl halides is 6. The lowest BCUT2D eigenvalue weighted by Crippen LogP contribution is -2.36. The Bertz CT molecular complexity index is 428. The van der Waals surface area contributed by atoms with Gasteiger partial charge in [-0.25, -0.2) is 0 Å². The van der Waals surface area contributed by atoms with Gasteiger partial charge >= 0.3 is 19.7 Å². The molecule has 0 aromatic heterocycles. The van der Waals surface area contributed by atoms with Crippen LogP contribution in [0.2, 0.25) is 0 Å². The van der Waals surface area contributed by atoms with Crippen molar-refractivity contribution in [1.82, 2.24) is 0 Å². The van der Waals surface area contributed by atoms with E-state index in [9.17, 15) is 26.3 Å². The van der Waals surface area contributed by atoms with Crippen LogP contribution in [0.1, 0.15) is 5.56 Å². The summed E-state index contributed by atoms with van der Waals surface area (Å²) in [7, 11) is -2.57. The third-order valence-electron chi connectivity index (χ3n) is 1.84. The highest BCUT2D eigenvalue weighted by Crippen LogP contribution is 2.30. The molecule has 10 heteroatoms. The molecule has 1 aromatic carbocycles. The van der Waals surface area contributed by atoms with E-state index in [0.717, 1.165) is 0 Å². The molecule has 3 nitrogen and oxygen atoms in total. The molecule has 0 radical (unpaired) electrons. The van der Waals surface area contributed by atoms with E-state index in [-0.39, 0.29) is 12.1 Å². The molecule has 0 fully saturated rings. The second-order valence-corrected chi connectivity index (χ2v) is 3.17. The van der Waals surface area contributed by atoms with E-state index in [1.54, 1.807) is 0 Å². The van der Waals surface area contributed by atoms with Gasteiger partial charge in [-0.3, -0.25) is 0 Å². The summed E-state index contributed by atoms with van der Waals surface area (Å²) in [6.07, 6.45) is -10.0. The summed E-state index contributed by atoms with van der Waals surface area (Å²) in [5.41, 5.74) is -2.57. The summed E-state index contributed by atoms with van der Waals surface area (Å²) in [6.45, 7) is 0. The summed E-state index contributed by atoms with van der Waals surface area (Å²) in [4.78, 5) is 0. The Balaban J connectivity index is 3.20. The van der Waals surface area contributed by atoms with Gasteiger partial charge in [-0.2, -0.15) is 13.2 Å². The van der Waals surface area contributed by atoms with E-state index in [2.05, 4.69) is 4.74 Å². The lowest BCUT2D eigenvalue weighted by molar-refractivity contribution is -0.274. The highest BCUT2D eigenvalue weighted by Gasteiger charge is 2.37. The van der Waals surface area contributed by atoms with Crippen molar-refractivity contribution in [3.05, 3.63) is 23.8 Å². The zero-order valence-electron chi connectivity index (χ0n) is 8.38. The Hall–Kier alpha value is -1.42. The van der Waals surface area contributed by atoms with Crippen LogP contribution in [-0.2, 0) is 6.18 Å². The minimum absolute atomic E-state index is 0.265. The van der Waals surface area contributed by atoms with E-state index >= 15 is 0 Å². The molecule has 0 unspecified atom stereocenters. The first-order valence-corrected chi connectivity index (χ1v) is 4.34. The van der Waals surface area contributed by atoms with Crippen molar-refractivity contribution in [3.8, 4) is 5.75 Å². The highest BCUT2D eigenvalue weighted by atomic mass is 19.4. The van der Waals surface area contributed by atoms with E-state index in [1.165, 1.54) is 0 Å². The highest BCUT2D eigenvalue weighted by molar-refractivity contribution is 6.59. The Morgan fingerprint density at radius 2 is 1.56 bits per heavy atom. The molecule has 2 N–H and O–H groups in total. The summed E-state index contributed by atoms with van der Waals surface area (Å²) in [5.74, 6) is -0.974. The standard InChI is InChI=1S/C8H5BF6O3/c10-7(11,12)5-2-1-4(18-8(13,14)15)3-6(5)9(16)17/h1-3,16-17H. The molecule has 100 valence electrons. The molecular formula is C8H5BF6O3. The van der Waals surface area contributed by atoms with Gasteiger partial charge in [-0.1, -0.05) is 0 Å². The van der Waals surface area contributed by atoms with Gasteiger partial charge in [-0.05, 0) is 23.7 Å². The molecule has 1 rings (SSSR count). The smallest absolute Gasteiger partial charge is 0.423 e. The fraction of sp³-hybridized carbons (Fsp3) is 0.250. The Labute approximate surface area is 96.7 Å². The SMILES string of the molecule is OB(O)c1cc(OC(F)(F)F)ccc1C(F)(F)F. The predicted octanol–water partition coefficient (Wildman–Crippen LogP) is 1.28. The van der Waals surface area contributed by atoms with Crippen LogP contribution < -0.4 is 10.2 Å². The number of benzene rings is 1. The molecule has 1 aromatic rings. The maximum absolute atomic E-state index is 12.4. The maximum Gasteiger partial charge on any atom is 0.573 e. The summed E-state index contributed by atoms with van der Waals surface area (Å²) >= 11 is 0. The van der Waals surface area contributed by atoms with Crippen LogP contribution in [0.5, 0.6) is 5.75 Å². The second kappa shape index (κ2) is 4.69. The van der Waals surface area contributed by atoms with Crippen molar-refractivity contribution in [2.24, 2.45) is 0 Å². The molecule has 0 bridgehead atoms. The third kappa shape index (κ3) is 3.81.